The zero-order chi connectivity index (χ0) is 14.5. The Morgan fingerprint density at radius 3 is 2.95 bits per heavy atom. The highest BCUT2D eigenvalue weighted by Crippen LogP contribution is 2.18. The van der Waals surface area contributed by atoms with E-state index in [2.05, 4.69) is 12.2 Å². The fourth-order valence-electron chi connectivity index (χ4n) is 2.72. The zero-order valence-corrected chi connectivity index (χ0v) is 13.0. The van der Waals surface area contributed by atoms with Gasteiger partial charge in [-0.25, -0.2) is 0 Å². The Balaban J connectivity index is 2.14. The molecule has 1 atom stereocenters. The maximum Gasteiger partial charge on any atom is 0.254 e. The van der Waals surface area contributed by atoms with Crippen molar-refractivity contribution in [3.8, 4) is 0 Å². The van der Waals surface area contributed by atoms with Crippen LogP contribution in [0.5, 0.6) is 0 Å². The van der Waals surface area contributed by atoms with Crippen LogP contribution in [0.4, 0.5) is 0 Å². The molecule has 1 N–H and O–H groups in total. The Bertz CT molecular complexity index is 470. The van der Waals surface area contributed by atoms with Gasteiger partial charge in [-0.15, -0.1) is 0 Å². The first-order valence-electron chi connectivity index (χ1n) is 7.40. The summed E-state index contributed by atoms with van der Waals surface area (Å²) in [5.41, 5.74) is 1.71. The Morgan fingerprint density at radius 2 is 2.30 bits per heavy atom. The van der Waals surface area contributed by atoms with Crippen molar-refractivity contribution in [2.24, 2.45) is 0 Å². The number of hydrogen-bond donors (Lipinski definition) is 1. The first-order chi connectivity index (χ1) is 9.61. The van der Waals surface area contributed by atoms with Crippen molar-refractivity contribution in [2.75, 3.05) is 19.6 Å². The normalized spacial score (nSPS) is 18.2. The SMILES string of the molecule is CCCN(CC1CCCN1)C(=O)c1cc(Cl)ccc1C. The monoisotopic (exact) mass is 294 g/mol. The topological polar surface area (TPSA) is 32.3 Å². The molecule has 1 fully saturated rings. The van der Waals surface area contributed by atoms with Gasteiger partial charge in [0.2, 0.25) is 0 Å². The van der Waals surface area contributed by atoms with Gasteiger partial charge in [-0.05, 0) is 50.4 Å². The Kier molecular flexibility index (Phi) is 5.44. The summed E-state index contributed by atoms with van der Waals surface area (Å²) in [5.74, 6) is 0.0977. The maximum atomic E-state index is 12.7. The van der Waals surface area contributed by atoms with E-state index in [9.17, 15) is 4.79 Å². The van der Waals surface area contributed by atoms with Crippen molar-refractivity contribution in [3.63, 3.8) is 0 Å². The number of nitrogens with one attached hydrogen (secondary N) is 1. The lowest BCUT2D eigenvalue weighted by Gasteiger charge is -2.26. The molecule has 1 heterocycles. The summed E-state index contributed by atoms with van der Waals surface area (Å²) < 4.78 is 0. The molecule has 1 saturated heterocycles. The minimum Gasteiger partial charge on any atom is -0.337 e. The van der Waals surface area contributed by atoms with Crippen molar-refractivity contribution >= 4 is 17.5 Å². The molecule has 1 aromatic carbocycles. The van der Waals surface area contributed by atoms with Crippen LogP contribution >= 0.6 is 11.6 Å². The highest BCUT2D eigenvalue weighted by atomic mass is 35.5. The molecule has 4 heteroatoms. The number of halogens is 1. The molecule has 1 amide bonds. The number of hydrogen-bond acceptors (Lipinski definition) is 2. The Morgan fingerprint density at radius 1 is 1.50 bits per heavy atom. The predicted molar refractivity (Wildman–Crippen MR) is 83.4 cm³/mol. The van der Waals surface area contributed by atoms with Gasteiger partial charge in [-0.1, -0.05) is 24.6 Å². The van der Waals surface area contributed by atoms with Gasteiger partial charge in [0.05, 0.1) is 0 Å². The zero-order valence-electron chi connectivity index (χ0n) is 12.3. The second-order valence-corrected chi connectivity index (χ2v) is 5.94. The van der Waals surface area contributed by atoms with E-state index in [1.807, 2.05) is 24.0 Å². The largest absolute Gasteiger partial charge is 0.337 e. The van der Waals surface area contributed by atoms with E-state index in [0.717, 1.165) is 43.6 Å². The quantitative estimate of drug-likeness (QED) is 0.904. The summed E-state index contributed by atoms with van der Waals surface area (Å²) in [6, 6.07) is 5.96. The van der Waals surface area contributed by atoms with Gasteiger partial charge >= 0.3 is 0 Å². The Labute approximate surface area is 126 Å². The van der Waals surface area contributed by atoms with Gasteiger partial charge in [0.1, 0.15) is 0 Å². The van der Waals surface area contributed by atoms with E-state index in [0.29, 0.717) is 11.1 Å². The summed E-state index contributed by atoms with van der Waals surface area (Å²) in [6.45, 7) is 6.71. The molecule has 1 aliphatic heterocycles. The molecule has 20 heavy (non-hydrogen) atoms. The summed E-state index contributed by atoms with van der Waals surface area (Å²) in [4.78, 5) is 14.7. The third kappa shape index (κ3) is 3.74. The first-order valence-corrected chi connectivity index (χ1v) is 7.78. The van der Waals surface area contributed by atoms with Gasteiger partial charge < -0.3 is 10.2 Å². The number of carbonyl (C=O) groups is 1. The Hall–Kier alpha value is -1.06. The third-order valence-electron chi connectivity index (χ3n) is 3.81. The van der Waals surface area contributed by atoms with Crippen LogP contribution in [0.15, 0.2) is 18.2 Å². The summed E-state index contributed by atoms with van der Waals surface area (Å²) in [7, 11) is 0. The lowest BCUT2D eigenvalue weighted by atomic mass is 10.1. The van der Waals surface area contributed by atoms with Crippen LogP contribution in [0.2, 0.25) is 5.02 Å². The third-order valence-corrected chi connectivity index (χ3v) is 4.05. The molecule has 0 aliphatic carbocycles. The smallest absolute Gasteiger partial charge is 0.254 e. The van der Waals surface area contributed by atoms with E-state index in [-0.39, 0.29) is 5.91 Å². The average molecular weight is 295 g/mol. The standard InChI is InChI=1S/C16H23ClN2O/c1-3-9-19(11-14-5-4-8-18-14)16(20)15-10-13(17)7-6-12(15)2/h6-7,10,14,18H,3-5,8-9,11H2,1-2H3. The second kappa shape index (κ2) is 7.09. The van der Waals surface area contributed by atoms with Gasteiger partial charge in [-0.2, -0.15) is 0 Å². The van der Waals surface area contributed by atoms with Crippen LogP contribution in [0.1, 0.15) is 42.1 Å². The molecule has 0 saturated carbocycles. The van der Waals surface area contributed by atoms with E-state index in [1.54, 1.807) is 6.07 Å². The molecule has 0 spiro atoms. The molecular formula is C16H23ClN2O. The van der Waals surface area contributed by atoms with Crippen molar-refractivity contribution < 1.29 is 4.79 Å². The first kappa shape index (κ1) is 15.3. The van der Waals surface area contributed by atoms with Crippen LogP contribution in [-0.2, 0) is 0 Å². The number of carbonyl (C=O) groups excluding carboxylic acids is 1. The minimum atomic E-state index is 0.0977. The highest BCUT2D eigenvalue weighted by molar-refractivity contribution is 6.31. The minimum absolute atomic E-state index is 0.0977. The highest BCUT2D eigenvalue weighted by Gasteiger charge is 2.22. The lowest BCUT2D eigenvalue weighted by Crippen LogP contribution is -2.41. The number of rotatable bonds is 5. The second-order valence-electron chi connectivity index (χ2n) is 5.50. The van der Waals surface area contributed by atoms with Gasteiger partial charge in [0, 0.05) is 29.7 Å². The number of nitrogens with zero attached hydrogens (tertiary/aromatic N) is 1. The van der Waals surface area contributed by atoms with E-state index >= 15 is 0 Å². The van der Waals surface area contributed by atoms with Crippen LogP contribution in [0.3, 0.4) is 0 Å². The van der Waals surface area contributed by atoms with Crippen molar-refractivity contribution in [1.29, 1.82) is 0 Å². The fourth-order valence-corrected chi connectivity index (χ4v) is 2.89. The van der Waals surface area contributed by atoms with Crippen LogP contribution in [-0.4, -0.2) is 36.5 Å². The average Bonchev–Trinajstić information content (AvgIpc) is 2.93. The summed E-state index contributed by atoms with van der Waals surface area (Å²) in [6.07, 6.45) is 3.33. The van der Waals surface area contributed by atoms with E-state index in [1.165, 1.54) is 6.42 Å². The van der Waals surface area contributed by atoms with Crippen LogP contribution in [0, 0.1) is 6.92 Å². The molecule has 1 unspecified atom stereocenters. The van der Waals surface area contributed by atoms with E-state index in [4.69, 9.17) is 11.6 Å². The molecule has 3 nitrogen and oxygen atoms in total. The molecule has 0 radical (unpaired) electrons. The molecule has 0 aromatic heterocycles. The molecule has 1 aromatic rings. The van der Waals surface area contributed by atoms with Gasteiger partial charge in [-0.3, -0.25) is 4.79 Å². The van der Waals surface area contributed by atoms with Crippen molar-refractivity contribution in [1.82, 2.24) is 10.2 Å². The molecule has 2 rings (SSSR count). The summed E-state index contributed by atoms with van der Waals surface area (Å²) >= 11 is 6.03. The summed E-state index contributed by atoms with van der Waals surface area (Å²) in [5, 5.41) is 4.08. The van der Waals surface area contributed by atoms with Crippen molar-refractivity contribution in [2.45, 2.75) is 39.2 Å². The van der Waals surface area contributed by atoms with Crippen LogP contribution < -0.4 is 5.32 Å². The van der Waals surface area contributed by atoms with Gasteiger partial charge in [0.25, 0.3) is 5.91 Å². The fraction of sp³-hybridized carbons (Fsp3) is 0.562. The molecule has 0 bridgehead atoms. The number of amides is 1. The van der Waals surface area contributed by atoms with Gasteiger partial charge in [0.15, 0.2) is 0 Å². The molecule has 110 valence electrons. The van der Waals surface area contributed by atoms with Crippen LogP contribution in [0.25, 0.3) is 0 Å². The molecular weight excluding hydrogens is 272 g/mol. The number of benzene rings is 1. The van der Waals surface area contributed by atoms with Crippen molar-refractivity contribution in [3.05, 3.63) is 34.3 Å². The lowest BCUT2D eigenvalue weighted by molar-refractivity contribution is 0.0741. The predicted octanol–water partition coefficient (Wildman–Crippen LogP) is 3.25. The molecule has 1 aliphatic rings. The number of aryl methyl sites for hydroxylation is 1. The maximum absolute atomic E-state index is 12.7. The van der Waals surface area contributed by atoms with E-state index < -0.39 is 0 Å².